The summed E-state index contributed by atoms with van der Waals surface area (Å²) in [7, 11) is 0. The molecule has 0 N–H and O–H groups in total. The Labute approximate surface area is 155 Å². The number of rotatable bonds is 5. The molecule has 0 aliphatic rings. The SMILES string of the molecule is CC(F)c1c(COc2ncccn2)ccc(-c2noc(C(F)(F)F)n2)c1Cl. The molecule has 0 aliphatic carbocycles. The van der Waals surface area contributed by atoms with Crippen LogP contribution in [0.2, 0.25) is 5.02 Å². The first kappa shape index (κ1) is 19.0. The smallest absolute Gasteiger partial charge is 0.459 e. The molecule has 0 saturated heterocycles. The maximum Gasteiger partial charge on any atom is 0.471 e. The zero-order valence-electron chi connectivity index (χ0n) is 13.7. The van der Waals surface area contributed by atoms with E-state index >= 15 is 0 Å². The van der Waals surface area contributed by atoms with Gasteiger partial charge in [-0.3, -0.25) is 0 Å². The van der Waals surface area contributed by atoms with Crippen LogP contribution >= 0.6 is 11.6 Å². The minimum absolute atomic E-state index is 0.00938. The Kier molecular flexibility index (Phi) is 5.26. The van der Waals surface area contributed by atoms with Gasteiger partial charge in [0.2, 0.25) is 5.82 Å². The summed E-state index contributed by atoms with van der Waals surface area (Å²) in [6.07, 6.45) is -3.36. The molecule has 0 radical (unpaired) electrons. The number of ether oxygens (including phenoxy) is 1. The van der Waals surface area contributed by atoms with E-state index in [9.17, 15) is 17.6 Å². The topological polar surface area (TPSA) is 73.9 Å². The number of halogens is 5. The van der Waals surface area contributed by atoms with Crippen molar-refractivity contribution in [3.05, 3.63) is 52.6 Å². The molecule has 1 unspecified atom stereocenters. The van der Waals surface area contributed by atoms with Crippen LogP contribution in [0.1, 0.15) is 30.1 Å². The average Bonchev–Trinajstić information content (AvgIpc) is 3.10. The van der Waals surface area contributed by atoms with Gasteiger partial charge in [0.25, 0.3) is 0 Å². The molecule has 27 heavy (non-hydrogen) atoms. The summed E-state index contributed by atoms with van der Waals surface area (Å²) >= 11 is 6.22. The number of hydrogen-bond acceptors (Lipinski definition) is 6. The lowest BCUT2D eigenvalue weighted by Crippen LogP contribution is -2.06. The van der Waals surface area contributed by atoms with Crippen LogP contribution in [0.3, 0.4) is 0 Å². The fraction of sp³-hybridized carbons (Fsp3) is 0.250. The normalized spacial score (nSPS) is 12.8. The van der Waals surface area contributed by atoms with Crippen molar-refractivity contribution in [3.8, 4) is 17.4 Å². The second-order valence-corrected chi connectivity index (χ2v) is 5.73. The highest BCUT2D eigenvalue weighted by molar-refractivity contribution is 6.34. The summed E-state index contributed by atoms with van der Waals surface area (Å²) in [5, 5.41) is 3.14. The first-order valence-electron chi connectivity index (χ1n) is 7.54. The number of hydrogen-bond donors (Lipinski definition) is 0. The van der Waals surface area contributed by atoms with E-state index in [1.807, 2.05) is 0 Å². The molecule has 2 aromatic heterocycles. The predicted octanol–water partition coefficient (Wildman–Crippen LogP) is 4.81. The van der Waals surface area contributed by atoms with Gasteiger partial charge < -0.3 is 9.26 Å². The van der Waals surface area contributed by atoms with Crippen molar-refractivity contribution in [2.45, 2.75) is 25.9 Å². The quantitative estimate of drug-likeness (QED) is 0.570. The van der Waals surface area contributed by atoms with Crippen LogP contribution < -0.4 is 4.74 Å². The van der Waals surface area contributed by atoms with Gasteiger partial charge in [-0.1, -0.05) is 22.8 Å². The number of nitrogens with zero attached hydrogens (tertiary/aromatic N) is 4. The molecule has 0 saturated carbocycles. The molecular weight excluding hydrogens is 392 g/mol. The van der Waals surface area contributed by atoms with Crippen LogP contribution in [0.4, 0.5) is 17.6 Å². The summed E-state index contributed by atoms with van der Waals surface area (Å²) < 4.78 is 61.6. The lowest BCUT2D eigenvalue weighted by Gasteiger charge is -2.15. The second-order valence-electron chi connectivity index (χ2n) is 5.36. The molecule has 0 bridgehead atoms. The number of alkyl halides is 4. The Morgan fingerprint density at radius 3 is 2.52 bits per heavy atom. The van der Waals surface area contributed by atoms with Crippen LogP contribution in [0.5, 0.6) is 6.01 Å². The Bertz CT molecular complexity index is 932. The van der Waals surface area contributed by atoms with Gasteiger partial charge in [0.1, 0.15) is 12.8 Å². The van der Waals surface area contributed by atoms with Gasteiger partial charge in [-0.25, -0.2) is 14.4 Å². The van der Waals surface area contributed by atoms with Crippen molar-refractivity contribution in [1.82, 2.24) is 20.1 Å². The predicted molar refractivity (Wildman–Crippen MR) is 85.6 cm³/mol. The minimum atomic E-state index is -4.79. The van der Waals surface area contributed by atoms with Crippen LogP contribution in [0, 0.1) is 0 Å². The van der Waals surface area contributed by atoms with Crippen LogP contribution in [0.25, 0.3) is 11.4 Å². The molecule has 3 rings (SSSR count). The minimum Gasteiger partial charge on any atom is -0.459 e. The summed E-state index contributed by atoms with van der Waals surface area (Å²) in [5.41, 5.74) is 0.435. The Morgan fingerprint density at radius 1 is 1.22 bits per heavy atom. The van der Waals surface area contributed by atoms with E-state index in [1.54, 1.807) is 6.07 Å². The molecule has 0 amide bonds. The van der Waals surface area contributed by atoms with Crippen molar-refractivity contribution < 1.29 is 26.8 Å². The van der Waals surface area contributed by atoms with Gasteiger partial charge in [0.05, 0.1) is 5.02 Å². The van der Waals surface area contributed by atoms with Gasteiger partial charge in [-0.15, -0.1) is 0 Å². The number of benzene rings is 1. The molecule has 0 fully saturated rings. The lowest BCUT2D eigenvalue weighted by atomic mass is 10.0. The second kappa shape index (κ2) is 7.47. The van der Waals surface area contributed by atoms with Crippen molar-refractivity contribution in [3.63, 3.8) is 0 Å². The third-order valence-corrected chi connectivity index (χ3v) is 3.88. The molecule has 11 heteroatoms. The van der Waals surface area contributed by atoms with Crippen LogP contribution in [0.15, 0.2) is 35.1 Å². The summed E-state index contributed by atoms with van der Waals surface area (Å²) in [4.78, 5) is 11.0. The van der Waals surface area contributed by atoms with Crippen molar-refractivity contribution in [1.29, 1.82) is 0 Å². The van der Waals surface area contributed by atoms with Gasteiger partial charge in [0, 0.05) is 23.5 Å². The van der Waals surface area contributed by atoms with Crippen molar-refractivity contribution >= 4 is 11.6 Å². The largest absolute Gasteiger partial charge is 0.471 e. The average molecular weight is 403 g/mol. The molecule has 6 nitrogen and oxygen atoms in total. The molecule has 0 spiro atoms. The van der Waals surface area contributed by atoms with Gasteiger partial charge in [0.15, 0.2) is 0 Å². The fourth-order valence-electron chi connectivity index (χ4n) is 2.31. The van der Waals surface area contributed by atoms with Crippen LogP contribution in [-0.2, 0) is 12.8 Å². The zero-order valence-corrected chi connectivity index (χ0v) is 14.4. The van der Waals surface area contributed by atoms with E-state index in [-0.39, 0.29) is 28.8 Å². The highest BCUT2D eigenvalue weighted by Gasteiger charge is 2.38. The summed E-state index contributed by atoms with van der Waals surface area (Å²) in [6.45, 7) is 1.15. The molecular formula is C16H11ClF4N4O2. The first-order valence-corrected chi connectivity index (χ1v) is 7.91. The van der Waals surface area contributed by atoms with Gasteiger partial charge in [-0.05, 0) is 24.6 Å². The Hall–Kier alpha value is -2.75. The van der Waals surface area contributed by atoms with E-state index in [2.05, 4.69) is 24.6 Å². The third-order valence-electron chi connectivity index (χ3n) is 3.48. The monoisotopic (exact) mass is 402 g/mol. The van der Waals surface area contributed by atoms with E-state index in [4.69, 9.17) is 16.3 Å². The molecule has 142 valence electrons. The van der Waals surface area contributed by atoms with E-state index in [0.29, 0.717) is 5.56 Å². The first-order chi connectivity index (χ1) is 12.8. The van der Waals surface area contributed by atoms with Gasteiger partial charge >= 0.3 is 18.1 Å². The third kappa shape index (κ3) is 4.16. The molecule has 0 aliphatic heterocycles. The Balaban J connectivity index is 1.94. The standard InChI is InChI=1S/C16H11ClF4N4O2/c1-8(18)11-9(7-26-15-22-5-2-6-23-15)3-4-10(12(11)17)13-24-14(27-25-13)16(19,20)21/h2-6,8H,7H2,1H3. The van der Waals surface area contributed by atoms with E-state index in [1.165, 1.54) is 31.5 Å². The molecule has 3 aromatic rings. The van der Waals surface area contributed by atoms with E-state index < -0.39 is 24.1 Å². The fourth-order valence-corrected chi connectivity index (χ4v) is 2.73. The summed E-state index contributed by atoms with van der Waals surface area (Å²) in [5.74, 6) is -1.91. The molecule has 2 heterocycles. The molecule has 1 atom stereocenters. The summed E-state index contributed by atoms with van der Waals surface area (Å²) in [6, 6.07) is 4.51. The lowest BCUT2D eigenvalue weighted by molar-refractivity contribution is -0.159. The maximum absolute atomic E-state index is 14.2. The highest BCUT2D eigenvalue weighted by Crippen LogP contribution is 2.37. The van der Waals surface area contributed by atoms with Crippen molar-refractivity contribution in [2.24, 2.45) is 0 Å². The van der Waals surface area contributed by atoms with Gasteiger partial charge in [-0.2, -0.15) is 18.2 Å². The van der Waals surface area contributed by atoms with Crippen LogP contribution in [-0.4, -0.2) is 20.1 Å². The van der Waals surface area contributed by atoms with Crippen molar-refractivity contribution in [2.75, 3.05) is 0 Å². The zero-order chi connectivity index (χ0) is 19.6. The number of aromatic nitrogens is 4. The maximum atomic E-state index is 14.2. The van der Waals surface area contributed by atoms with E-state index in [0.717, 1.165) is 0 Å². The highest BCUT2D eigenvalue weighted by atomic mass is 35.5. The molecule has 1 aromatic carbocycles. The Morgan fingerprint density at radius 2 is 1.93 bits per heavy atom.